The molecule has 82 valence electrons. The number of nitrogens with two attached hydrogens (primary N) is 1. The SMILES string of the molecule is NCC(OCC1CC1)c1ccccc1Br. The van der Waals surface area contributed by atoms with Crippen molar-refractivity contribution in [2.75, 3.05) is 13.2 Å². The molecular weight excluding hydrogens is 254 g/mol. The van der Waals surface area contributed by atoms with Gasteiger partial charge in [-0.05, 0) is 30.4 Å². The Morgan fingerprint density at radius 3 is 2.73 bits per heavy atom. The van der Waals surface area contributed by atoms with Crippen LogP contribution in [0.5, 0.6) is 0 Å². The Hall–Kier alpha value is -0.380. The normalized spacial score (nSPS) is 17.7. The average Bonchev–Trinajstić information content (AvgIpc) is 3.05. The van der Waals surface area contributed by atoms with Crippen molar-refractivity contribution >= 4 is 15.9 Å². The van der Waals surface area contributed by atoms with E-state index in [1.54, 1.807) is 0 Å². The van der Waals surface area contributed by atoms with Gasteiger partial charge in [-0.1, -0.05) is 34.1 Å². The maximum absolute atomic E-state index is 5.83. The lowest BCUT2D eigenvalue weighted by molar-refractivity contribution is 0.0506. The third kappa shape index (κ3) is 3.03. The highest BCUT2D eigenvalue weighted by Gasteiger charge is 2.23. The molecule has 2 rings (SSSR count). The smallest absolute Gasteiger partial charge is 0.0958 e. The summed E-state index contributed by atoms with van der Waals surface area (Å²) in [6.45, 7) is 1.39. The molecule has 1 unspecified atom stereocenters. The third-order valence-corrected chi connectivity index (χ3v) is 3.42. The molecule has 0 saturated heterocycles. The molecule has 1 fully saturated rings. The first-order valence-corrected chi connectivity index (χ1v) is 6.16. The largest absolute Gasteiger partial charge is 0.372 e. The van der Waals surface area contributed by atoms with Gasteiger partial charge in [0.1, 0.15) is 0 Å². The summed E-state index contributed by atoms with van der Waals surface area (Å²) in [4.78, 5) is 0. The van der Waals surface area contributed by atoms with E-state index >= 15 is 0 Å². The standard InChI is InChI=1S/C12H16BrNO/c13-11-4-2-1-3-10(11)12(7-14)15-8-9-5-6-9/h1-4,9,12H,5-8,14H2. The van der Waals surface area contributed by atoms with Gasteiger partial charge in [0.25, 0.3) is 0 Å². The summed E-state index contributed by atoms with van der Waals surface area (Å²) in [7, 11) is 0. The van der Waals surface area contributed by atoms with Crippen LogP contribution in [0.25, 0.3) is 0 Å². The van der Waals surface area contributed by atoms with Gasteiger partial charge >= 0.3 is 0 Å². The molecule has 15 heavy (non-hydrogen) atoms. The fraction of sp³-hybridized carbons (Fsp3) is 0.500. The van der Waals surface area contributed by atoms with Crippen molar-refractivity contribution in [3.63, 3.8) is 0 Å². The molecule has 0 heterocycles. The van der Waals surface area contributed by atoms with Gasteiger partial charge in [0.05, 0.1) is 12.7 Å². The van der Waals surface area contributed by atoms with Crippen LogP contribution in [0.4, 0.5) is 0 Å². The van der Waals surface area contributed by atoms with Gasteiger partial charge in [-0.2, -0.15) is 0 Å². The second-order valence-corrected chi connectivity index (χ2v) is 4.88. The summed E-state index contributed by atoms with van der Waals surface area (Å²) in [6.07, 6.45) is 2.65. The summed E-state index contributed by atoms with van der Waals surface area (Å²) in [5.41, 5.74) is 6.89. The highest BCUT2D eigenvalue weighted by molar-refractivity contribution is 9.10. The van der Waals surface area contributed by atoms with Gasteiger partial charge in [0, 0.05) is 11.0 Å². The van der Waals surface area contributed by atoms with Gasteiger partial charge in [-0.3, -0.25) is 0 Å². The Kier molecular flexibility index (Phi) is 3.78. The quantitative estimate of drug-likeness (QED) is 0.892. The molecule has 0 aromatic heterocycles. The Morgan fingerprint density at radius 1 is 1.40 bits per heavy atom. The van der Waals surface area contributed by atoms with E-state index in [0.29, 0.717) is 6.54 Å². The first kappa shape index (κ1) is 11.1. The predicted octanol–water partition coefficient (Wildman–Crippen LogP) is 2.88. The van der Waals surface area contributed by atoms with E-state index in [1.807, 2.05) is 18.2 Å². The van der Waals surface area contributed by atoms with Gasteiger partial charge in [0.2, 0.25) is 0 Å². The molecule has 0 aliphatic heterocycles. The van der Waals surface area contributed by atoms with Crippen LogP contribution in [-0.2, 0) is 4.74 Å². The van der Waals surface area contributed by atoms with Crippen molar-refractivity contribution < 1.29 is 4.74 Å². The minimum atomic E-state index is 0.0289. The molecule has 0 radical (unpaired) electrons. The second kappa shape index (κ2) is 5.10. The summed E-state index contributed by atoms with van der Waals surface area (Å²) in [5.74, 6) is 0.779. The van der Waals surface area contributed by atoms with Gasteiger partial charge in [0.15, 0.2) is 0 Å². The number of halogens is 1. The maximum Gasteiger partial charge on any atom is 0.0958 e. The minimum absolute atomic E-state index is 0.0289. The van der Waals surface area contributed by atoms with Crippen molar-refractivity contribution in [1.82, 2.24) is 0 Å². The molecular formula is C12H16BrNO. The molecule has 2 nitrogen and oxygen atoms in total. The van der Waals surface area contributed by atoms with Crippen LogP contribution in [0, 0.1) is 5.92 Å². The zero-order chi connectivity index (χ0) is 10.7. The highest BCUT2D eigenvalue weighted by Crippen LogP contribution is 2.32. The number of hydrogen-bond donors (Lipinski definition) is 1. The Morgan fingerprint density at radius 2 is 2.13 bits per heavy atom. The average molecular weight is 270 g/mol. The molecule has 1 saturated carbocycles. The summed E-state index contributed by atoms with van der Waals surface area (Å²) in [5, 5.41) is 0. The van der Waals surface area contributed by atoms with E-state index in [4.69, 9.17) is 10.5 Å². The van der Waals surface area contributed by atoms with E-state index < -0.39 is 0 Å². The molecule has 1 aliphatic rings. The molecule has 1 aromatic rings. The lowest BCUT2D eigenvalue weighted by Gasteiger charge is -2.17. The zero-order valence-electron chi connectivity index (χ0n) is 8.66. The number of benzene rings is 1. The fourth-order valence-corrected chi connectivity index (χ4v) is 2.10. The monoisotopic (exact) mass is 269 g/mol. The lowest BCUT2D eigenvalue weighted by Crippen LogP contribution is -2.17. The first-order valence-electron chi connectivity index (χ1n) is 5.37. The van der Waals surface area contributed by atoms with Gasteiger partial charge < -0.3 is 10.5 Å². The third-order valence-electron chi connectivity index (χ3n) is 2.70. The predicted molar refractivity (Wildman–Crippen MR) is 64.6 cm³/mol. The lowest BCUT2D eigenvalue weighted by atomic mass is 10.1. The molecule has 2 N–H and O–H groups in total. The Bertz CT molecular complexity index is 325. The molecule has 1 atom stereocenters. The molecule has 0 spiro atoms. The molecule has 0 amide bonds. The summed E-state index contributed by atoms with van der Waals surface area (Å²) in [6, 6.07) is 8.11. The van der Waals surface area contributed by atoms with Crippen molar-refractivity contribution in [2.24, 2.45) is 11.7 Å². The Balaban J connectivity index is 2.00. The topological polar surface area (TPSA) is 35.2 Å². The van der Waals surface area contributed by atoms with E-state index in [0.717, 1.165) is 22.6 Å². The second-order valence-electron chi connectivity index (χ2n) is 4.02. The van der Waals surface area contributed by atoms with Crippen molar-refractivity contribution in [1.29, 1.82) is 0 Å². The summed E-state index contributed by atoms with van der Waals surface area (Å²) >= 11 is 3.52. The van der Waals surface area contributed by atoms with Crippen molar-refractivity contribution in [3.05, 3.63) is 34.3 Å². The van der Waals surface area contributed by atoms with Crippen molar-refractivity contribution in [3.8, 4) is 0 Å². The van der Waals surface area contributed by atoms with E-state index in [9.17, 15) is 0 Å². The number of rotatable bonds is 5. The highest BCUT2D eigenvalue weighted by atomic mass is 79.9. The maximum atomic E-state index is 5.83. The number of ether oxygens (including phenoxy) is 1. The number of hydrogen-bond acceptors (Lipinski definition) is 2. The van der Waals surface area contributed by atoms with Crippen LogP contribution in [-0.4, -0.2) is 13.2 Å². The first-order chi connectivity index (χ1) is 7.31. The Labute approximate surface area is 98.9 Å². The van der Waals surface area contributed by atoms with Crippen LogP contribution in [0.15, 0.2) is 28.7 Å². The van der Waals surface area contributed by atoms with E-state index in [2.05, 4.69) is 22.0 Å². The fourth-order valence-electron chi connectivity index (χ4n) is 1.56. The van der Waals surface area contributed by atoms with E-state index in [1.165, 1.54) is 12.8 Å². The van der Waals surface area contributed by atoms with Crippen LogP contribution >= 0.6 is 15.9 Å². The van der Waals surface area contributed by atoms with Crippen LogP contribution in [0.2, 0.25) is 0 Å². The molecule has 1 aromatic carbocycles. The van der Waals surface area contributed by atoms with Crippen LogP contribution in [0.3, 0.4) is 0 Å². The van der Waals surface area contributed by atoms with Gasteiger partial charge in [-0.15, -0.1) is 0 Å². The summed E-state index contributed by atoms with van der Waals surface area (Å²) < 4.78 is 6.91. The van der Waals surface area contributed by atoms with Crippen LogP contribution in [0.1, 0.15) is 24.5 Å². The molecule has 0 bridgehead atoms. The van der Waals surface area contributed by atoms with Gasteiger partial charge in [-0.25, -0.2) is 0 Å². The van der Waals surface area contributed by atoms with E-state index in [-0.39, 0.29) is 6.10 Å². The van der Waals surface area contributed by atoms with Crippen LogP contribution < -0.4 is 5.73 Å². The molecule has 1 aliphatic carbocycles. The zero-order valence-corrected chi connectivity index (χ0v) is 10.2. The van der Waals surface area contributed by atoms with Crippen molar-refractivity contribution in [2.45, 2.75) is 18.9 Å². The molecule has 3 heteroatoms. The minimum Gasteiger partial charge on any atom is -0.372 e.